The molecule has 0 radical (unpaired) electrons. The van der Waals surface area contributed by atoms with Crippen LogP contribution in [0.4, 0.5) is 0 Å². The van der Waals surface area contributed by atoms with Crippen LogP contribution in [0.3, 0.4) is 0 Å². The molecule has 2 aliphatic rings. The minimum atomic E-state index is -0.803. The summed E-state index contributed by atoms with van der Waals surface area (Å²) in [6.45, 7) is 7.26. The average molecular weight is 496 g/mol. The Kier molecular flexibility index (Phi) is 7.84. The van der Waals surface area contributed by atoms with Gasteiger partial charge < -0.3 is 29.0 Å². The van der Waals surface area contributed by atoms with Gasteiger partial charge in [0.15, 0.2) is 11.5 Å². The summed E-state index contributed by atoms with van der Waals surface area (Å²) in [7, 11) is 1.53. The Labute approximate surface area is 211 Å². The number of fused-ring (bicyclic) bond motifs is 1. The Morgan fingerprint density at radius 3 is 2.61 bits per heavy atom. The van der Waals surface area contributed by atoms with E-state index >= 15 is 0 Å². The molecular weight excluding hydrogens is 462 g/mol. The maximum Gasteiger partial charge on any atom is 0.295 e. The largest absolute Gasteiger partial charge is 0.507 e. The first-order chi connectivity index (χ1) is 17.4. The van der Waals surface area contributed by atoms with Crippen molar-refractivity contribution in [3.63, 3.8) is 0 Å². The summed E-state index contributed by atoms with van der Waals surface area (Å²) < 4.78 is 22.6. The number of ether oxygens (including phenoxy) is 4. The zero-order valence-electron chi connectivity index (χ0n) is 21.2. The Hall–Kier alpha value is -3.52. The van der Waals surface area contributed by atoms with Crippen LogP contribution in [0.15, 0.2) is 42.0 Å². The van der Waals surface area contributed by atoms with E-state index in [0.717, 1.165) is 17.7 Å². The summed E-state index contributed by atoms with van der Waals surface area (Å²) in [6, 6.07) is 9.87. The number of ketones is 1. The van der Waals surface area contributed by atoms with E-state index in [1.165, 1.54) is 12.0 Å². The van der Waals surface area contributed by atoms with E-state index in [-0.39, 0.29) is 30.6 Å². The third-order valence-electron chi connectivity index (χ3n) is 6.29. The molecule has 1 N–H and O–H groups in total. The second-order valence-electron chi connectivity index (χ2n) is 8.93. The first-order valence-electron chi connectivity index (χ1n) is 12.4. The van der Waals surface area contributed by atoms with Crippen molar-refractivity contribution in [3.8, 4) is 17.2 Å². The number of carbonyl (C=O) groups excluding carboxylic acids is 2. The number of rotatable bonds is 10. The molecule has 2 aliphatic heterocycles. The minimum absolute atomic E-state index is 0.0349. The van der Waals surface area contributed by atoms with E-state index in [4.69, 9.17) is 18.9 Å². The quantitative estimate of drug-likeness (QED) is 0.299. The Morgan fingerprint density at radius 1 is 1.08 bits per heavy atom. The van der Waals surface area contributed by atoms with Gasteiger partial charge in [0.1, 0.15) is 17.6 Å². The van der Waals surface area contributed by atoms with Gasteiger partial charge in [-0.2, -0.15) is 0 Å². The number of Topliss-reactive ketones (excluding diaryl/α,β-unsaturated/α-hetero) is 1. The van der Waals surface area contributed by atoms with E-state index < -0.39 is 17.7 Å². The molecule has 1 saturated heterocycles. The van der Waals surface area contributed by atoms with Crippen molar-refractivity contribution in [2.75, 3.05) is 33.5 Å². The van der Waals surface area contributed by atoms with E-state index in [0.29, 0.717) is 42.3 Å². The van der Waals surface area contributed by atoms with Crippen LogP contribution in [0.25, 0.3) is 5.76 Å². The van der Waals surface area contributed by atoms with Gasteiger partial charge in [-0.3, -0.25) is 9.59 Å². The normalized spacial score (nSPS) is 20.4. The van der Waals surface area contributed by atoms with E-state index in [9.17, 15) is 14.7 Å². The van der Waals surface area contributed by atoms with Gasteiger partial charge in [0.25, 0.3) is 11.7 Å². The SMILES string of the molecule is CCCOc1ccc([C@H]2/C(=C(\O)c3ccc4c(c3)C[C@H](C)O4)C(=O)C(=O)N2CCOC)cc1OCC. The third kappa shape index (κ3) is 4.91. The topological polar surface area (TPSA) is 94.5 Å². The number of likely N-dealkylation sites (tertiary alicyclic amines) is 1. The summed E-state index contributed by atoms with van der Waals surface area (Å²) >= 11 is 0. The zero-order chi connectivity index (χ0) is 25.8. The Bertz CT molecular complexity index is 1170. The first-order valence-corrected chi connectivity index (χ1v) is 12.4. The molecule has 1 amide bonds. The number of nitrogens with zero attached hydrogens (tertiary/aromatic N) is 1. The maximum absolute atomic E-state index is 13.3. The molecule has 4 rings (SSSR count). The molecular formula is C28H33NO7. The number of hydrogen-bond acceptors (Lipinski definition) is 7. The molecule has 0 aliphatic carbocycles. The van der Waals surface area contributed by atoms with Crippen molar-refractivity contribution in [1.82, 2.24) is 4.90 Å². The van der Waals surface area contributed by atoms with E-state index in [2.05, 4.69) is 0 Å². The summed E-state index contributed by atoms with van der Waals surface area (Å²) in [4.78, 5) is 27.8. The lowest BCUT2D eigenvalue weighted by Crippen LogP contribution is -2.32. The van der Waals surface area contributed by atoms with Crippen molar-refractivity contribution in [2.24, 2.45) is 0 Å². The molecule has 8 nitrogen and oxygen atoms in total. The van der Waals surface area contributed by atoms with Crippen LogP contribution >= 0.6 is 0 Å². The number of benzene rings is 2. The van der Waals surface area contributed by atoms with Crippen LogP contribution in [-0.2, 0) is 20.7 Å². The van der Waals surface area contributed by atoms with Crippen molar-refractivity contribution in [3.05, 3.63) is 58.7 Å². The molecule has 0 aromatic heterocycles. The fourth-order valence-electron chi connectivity index (χ4n) is 4.67. The van der Waals surface area contributed by atoms with Crippen LogP contribution in [0.2, 0.25) is 0 Å². The molecule has 2 heterocycles. The van der Waals surface area contributed by atoms with Gasteiger partial charge in [0, 0.05) is 25.6 Å². The molecule has 0 spiro atoms. The first kappa shape index (κ1) is 25.6. The van der Waals surface area contributed by atoms with Crippen LogP contribution in [0, 0.1) is 0 Å². The summed E-state index contributed by atoms with van der Waals surface area (Å²) in [5.41, 5.74) is 2.09. The lowest BCUT2D eigenvalue weighted by molar-refractivity contribution is -0.140. The van der Waals surface area contributed by atoms with Gasteiger partial charge in [-0.15, -0.1) is 0 Å². The van der Waals surface area contributed by atoms with Crippen molar-refractivity contribution in [1.29, 1.82) is 0 Å². The minimum Gasteiger partial charge on any atom is -0.507 e. The van der Waals surface area contributed by atoms with Crippen molar-refractivity contribution >= 4 is 17.4 Å². The smallest absolute Gasteiger partial charge is 0.295 e. The van der Waals surface area contributed by atoms with E-state index in [1.807, 2.05) is 26.8 Å². The second kappa shape index (κ2) is 11.0. The molecule has 1 fully saturated rings. The molecule has 2 atom stereocenters. The highest BCUT2D eigenvalue weighted by atomic mass is 16.5. The van der Waals surface area contributed by atoms with Gasteiger partial charge in [-0.1, -0.05) is 13.0 Å². The Morgan fingerprint density at radius 2 is 1.89 bits per heavy atom. The number of methoxy groups -OCH3 is 1. The summed E-state index contributed by atoms with van der Waals surface area (Å²) in [5.74, 6) is 0.238. The van der Waals surface area contributed by atoms with Gasteiger partial charge in [-0.25, -0.2) is 0 Å². The van der Waals surface area contributed by atoms with Gasteiger partial charge in [0.2, 0.25) is 0 Å². The molecule has 192 valence electrons. The molecule has 0 bridgehead atoms. The van der Waals surface area contributed by atoms with Crippen LogP contribution in [-0.4, -0.2) is 61.3 Å². The number of hydrogen-bond donors (Lipinski definition) is 1. The molecule has 8 heteroatoms. The van der Waals surface area contributed by atoms with Gasteiger partial charge in [0.05, 0.1) is 31.4 Å². The number of aliphatic hydroxyl groups is 1. The highest BCUT2D eigenvalue weighted by Crippen LogP contribution is 2.42. The molecule has 0 saturated carbocycles. The average Bonchev–Trinajstić information content (AvgIpc) is 3.37. The van der Waals surface area contributed by atoms with Crippen LogP contribution < -0.4 is 14.2 Å². The molecule has 2 aromatic carbocycles. The summed E-state index contributed by atoms with van der Waals surface area (Å²) in [5, 5.41) is 11.4. The number of aliphatic hydroxyl groups excluding tert-OH is 1. The fourth-order valence-corrected chi connectivity index (χ4v) is 4.67. The number of carbonyl (C=O) groups is 2. The zero-order valence-corrected chi connectivity index (χ0v) is 21.2. The van der Waals surface area contributed by atoms with Crippen LogP contribution in [0.5, 0.6) is 17.2 Å². The fraction of sp³-hybridized carbons (Fsp3) is 0.429. The van der Waals surface area contributed by atoms with Crippen molar-refractivity contribution in [2.45, 2.75) is 45.8 Å². The predicted molar refractivity (Wildman–Crippen MR) is 135 cm³/mol. The Balaban J connectivity index is 1.82. The highest BCUT2D eigenvalue weighted by Gasteiger charge is 2.46. The van der Waals surface area contributed by atoms with E-state index in [1.54, 1.807) is 30.3 Å². The lowest BCUT2D eigenvalue weighted by Gasteiger charge is -2.26. The molecule has 36 heavy (non-hydrogen) atoms. The van der Waals surface area contributed by atoms with Crippen molar-refractivity contribution < 1.29 is 33.6 Å². The van der Waals surface area contributed by atoms with Gasteiger partial charge >= 0.3 is 0 Å². The van der Waals surface area contributed by atoms with Gasteiger partial charge in [-0.05, 0) is 61.7 Å². The summed E-state index contributed by atoms with van der Waals surface area (Å²) in [6.07, 6.45) is 1.59. The monoisotopic (exact) mass is 495 g/mol. The second-order valence-corrected chi connectivity index (χ2v) is 8.93. The maximum atomic E-state index is 13.3. The standard InChI is InChI=1S/C28H33NO7/c1-5-12-35-22-10-7-18(16-23(22)34-6-2)25-24(27(31)28(32)29(25)11-13-33-4)26(30)19-8-9-21-20(15-19)14-17(3)36-21/h7-10,15-17,25,30H,5-6,11-14H2,1-4H3/b26-24+/t17-,25-/m0/s1. The molecule has 0 unspecified atom stereocenters. The molecule has 2 aromatic rings. The lowest BCUT2D eigenvalue weighted by atomic mass is 9.94. The third-order valence-corrected chi connectivity index (χ3v) is 6.29. The number of amides is 1. The highest BCUT2D eigenvalue weighted by molar-refractivity contribution is 6.46. The van der Waals surface area contributed by atoms with Crippen LogP contribution in [0.1, 0.15) is 49.9 Å². The predicted octanol–water partition coefficient (Wildman–Crippen LogP) is 4.27.